The molecule has 0 amide bonds. The lowest BCUT2D eigenvalue weighted by molar-refractivity contribution is 0.587. The van der Waals surface area contributed by atoms with Crippen LogP contribution in [0.25, 0.3) is 44.8 Å². The largest absolute Gasteiger partial charge is 0.403 e. The second kappa shape index (κ2) is 7.88. The summed E-state index contributed by atoms with van der Waals surface area (Å²) >= 11 is 12.7. The second-order valence-electron chi connectivity index (χ2n) is 7.34. The van der Waals surface area contributed by atoms with Gasteiger partial charge in [0.15, 0.2) is 0 Å². The number of pyridine rings is 1. The van der Waals surface area contributed by atoms with E-state index < -0.39 is 0 Å². The van der Waals surface area contributed by atoms with Crippen molar-refractivity contribution in [2.75, 3.05) is 5.32 Å². The zero-order valence-corrected chi connectivity index (χ0v) is 18.4. The van der Waals surface area contributed by atoms with Crippen molar-refractivity contribution in [3.63, 3.8) is 0 Å². The number of nitrogens with zero attached hydrogens (tertiary/aromatic N) is 4. The van der Waals surface area contributed by atoms with E-state index in [2.05, 4.69) is 30.5 Å². The minimum absolute atomic E-state index is 0.251. The molecule has 0 aliphatic heterocycles. The summed E-state index contributed by atoms with van der Waals surface area (Å²) in [6, 6.07) is 23.0. The number of imidazole rings is 1. The Morgan fingerprint density at radius 2 is 1.64 bits per heavy atom. The van der Waals surface area contributed by atoms with Crippen LogP contribution in [0.1, 0.15) is 0 Å². The van der Waals surface area contributed by atoms with Crippen LogP contribution in [0.15, 0.2) is 77.2 Å². The molecule has 6 aromatic rings. The van der Waals surface area contributed by atoms with Gasteiger partial charge in [-0.3, -0.25) is 5.32 Å². The molecule has 0 unspecified atom stereocenters. The number of anilines is 2. The molecule has 0 spiro atoms. The van der Waals surface area contributed by atoms with Crippen molar-refractivity contribution < 1.29 is 4.42 Å². The summed E-state index contributed by atoms with van der Waals surface area (Å²) in [5, 5.41) is 13.4. The first-order valence-corrected chi connectivity index (χ1v) is 10.8. The van der Waals surface area contributed by atoms with Crippen LogP contribution in [0.5, 0.6) is 0 Å². The molecule has 33 heavy (non-hydrogen) atoms. The summed E-state index contributed by atoms with van der Waals surface area (Å²) in [5.41, 5.74) is 3.84. The Hall–Kier alpha value is -3.94. The molecule has 7 nitrogen and oxygen atoms in total. The van der Waals surface area contributed by atoms with Crippen LogP contribution < -0.4 is 5.32 Å². The van der Waals surface area contributed by atoms with Crippen molar-refractivity contribution in [2.24, 2.45) is 0 Å². The lowest BCUT2D eigenvalue weighted by Gasteiger charge is -2.02. The maximum atomic E-state index is 6.33. The molecule has 160 valence electrons. The molecule has 0 aliphatic rings. The molecule has 9 heteroatoms. The van der Waals surface area contributed by atoms with Crippen molar-refractivity contribution >= 4 is 57.0 Å². The van der Waals surface area contributed by atoms with Crippen molar-refractivity contribution in [2.45, 2.75) is 0 Å². The highest BCUT2D eigenvalue weighted by Crippen LogP contribution is 2.34. The van der Waals surface area contributed by atoms with E-state index in [0.29, 0.717) is 33.1 Å². The molecule has 0 saturated heterocycles. The summed E-state index contributed by atoms with van der Waals surface area (Å²) in [6.45, 7) is 0. The number of hydrogen-bond acceptors (Lipinski definition) is 6. The first-order chi connectivity index (χ1) is 16.1. The van der Waals surface area contributed by atoms with E-state index in [1.54, 1.807) is 18.2 Å². The minimum Gasteiger partial charge on any atom is -0.403 e. The minimum atomic E-state index is 0.251. The summed E-state index contributed by atoms with van der Waals surface area (Å²) in [6.07, 6.45) is 0. The zero-order valence-electron chi connectivity index (χ0n) is 16.9. The van der Waals surface area contributed by atoms with Gasteiger partial charge in [-0.15, -0.1) is 5.10 Å². The standard InChI is InChI=1S/C24H14Cl2N6O/c25-15-5-3-6-16(26)21(15)22-28-18-10-8-14(12-19(18)29-22)23-31-32-24(33-23)30-20-11-9-13-4-1-2-7-17(13)27-20/h1-12H,(H,28,29)(H,27,30,32). The number of H-pyrrole nitrogens is 1. The van der Waals surface area contributed by atoms with Gasteiger partial charge in [0.2, 0.25) is 5.89 Å². The lowest BCUT2D eigenvalue weighted by Crippen LogP contribution is -1.93. The molecule has 6 rings (SSSR count). The van der Waals surface area contributed by atoms with Crippen LogP contribution in [0.2, 0.25) is 10.0 Å². The van der Waals surface area contributed by atoms with E-state index in [-0.39, 0.29) is 6.01 Å². The molecule has 2 N–H and O–H groups in total. The molecule has 0 bridgehead atoms. The Balaban J connectivity index is 1.30. The van der Waals surface area contributed by atoms with E-state index in [1.807, 2.05) is 54.6 Å². The van der Waals surface area contributed by atoms with Gasteiger partial charge in [0.05, 0.1) is 32.2 Å². The van der Waals surface area contributed by atoms with Gasteiger partial charge in [-0.25, -0.2) is 9.97 Å². The number of para-hydroxylation sites is 1. The van der Waals surface area contributed by atoms with Gasteiger partial charge >= 0.3 is 6.01 Å². The molecule has 0 atom stereocenters. The van der Waals surface area contributed by atoms with Crippen LogP contribution in [0.4, 0.5) is 11.8 Å². The fourth-order valence-electron chi connectivity index (χ4n) is 3.62. The van der Waals surface area contributed by atoms with Gasteiger partial charge in [-0.1, -0.05) is 52.6 Å². The smallest absolute Gasteiger partial charge is 0.321 e. The molecule has 0 radical (unpaired) electrons. The molecule has 3 aromatic carbocycles. The quantitative estimate of drug-likeness (QED) is 0.290. The second-order valence-corrected chi connectivity index (χ2v) is 8.15. The Morgan fingerprint density at radius 3 is 2.52 bits per heavy atom. The molecule has 3 aromatic heterocycles. The van der Waals surface area contributed by atoms with Crippen LogP contribution in [-0.4, -0.2) is 25.1 Å². The van der Waals surface area contributed by atoms with Crippen molar-refractivity contribution in [3.05, 3.63) is 82.8 Å². The molecular formula is C24H14Cl2N6O. The van der Waals surface area contributed by atoms with Crippen LogP contribution >= 0.6 is 23.2 Å². The number of aromatic nitrogens is 5. The SMILES string of the molecule is Clc1cccc(Cl)c1-c1nc2ccc(-c3nnc(Nc4ccc5ccccc5n4)o3)cc2[nH]1. The first kappa shape index (κ1) is 19.7. The fourth-order valence-corrected chi connectivity index (χ4v) is 4.20. The van der Waals surface area contributed by atoms with Crippen molar-refractivity contribution in [3.8, 4) is 22.8 Å². The lowest BCUT2D eigenvalue weighted by atomic mass is 10.2. The summed E-state index contributed by atoms with van der Waals surface area (Å²) in [4.78, 5) is 12.5. The highest BCUT2D eigenvalue weighted by Gasteiger charge is 2.15. The number of halogens is 2. The van der Waals surface area contributed by atoms with Gasteiger partial charge in [0, 0.05) is 10.9 Å². The average molecular weight is 473 g/mol. The zero-order chi connectivity index (χ0) is 22.4. The fraction of sp³-hybridized carbons (Fsp3) is 0. The molecule has 0 fully saturated rings. The highest BCUT2D eigenvalue weighted by atomic mass is 35.5. The summed E-state index contributed by atoms with van der Waals surface area (Å²) < 4.78 is 5.81. The third-order valence-corrected chi connectivity index (χ3v) is 5.82. The third-order valence-electron chi connectivity index (χ3n) is 5.19. The number of fused-ring (bicyclic) bond motifs is 2. The topological polar surface area (TPSA) is 92.5 Å². The van der Waals surface area contributed by atoms with Crippen molar-refractivity contribution in [1.29, 1.82) is 0 Å². The number of aromatic amines is 1. The maximum Gasteiger partial charge on any atom is 0.321 e. The van der Waals surface area contributed by atoms with Crippen molar-refractivity contribution in [1.82, 2.24) is 25.1 Å². The predicted molar refractivity (Wildman–Crippen MR) is 130 cm³/mol. The van der Waals surface area contributed by atoms with Crippen LogP contribution in [-0.2, 0) is 0 Å². The Kier molecular flexibility index (Phi) is 4.71. The van der Waals surface area contributed by atoms with E-state index in [1.165, 1.54) is 0 Å². The van der Waals surface area contributed by atoms with Gasteiger partial charge in [0.1, 0.15) is 11.6 Å². The third kappa shape index (κ3) is 3.67. The van der Waals surface area contributed by atoms with E-state index in [0.717, 1.165) is 27.5 Å². The Labute approximate surface area is 197 Å². The average Bonchev–Trinajstić information content (AvgIpc) is 3.45. The number of hydrogen-bond donors (Lipinski definition) is 2. The monoisotopic (exact) mass is 472 g/mol. The molecule has 0 saturated carbocycles. The number of nitrogens with one attached hydrogen (secondary N) is 2. The number of benzene rings is 3. The summed E-state index contributed by atoms with van der Waals surface area (Å²) in [5.74, 6) is 1.58. The number of rotatable bonds is 4. The van der Waals surface area contributed by atoms with Gasteiger partial charge < -0.3 is 9.40 Å². The summed E-state index contributed by atoms with van der Waals surface area (Å²) in [7, 11) is 0. The van der Waals surface area contributed by atoms with Gasteiger partial charge in [-0.05, 0) is 48.5 Å². The Bertz CT molecular complexity index is 1620. The molecule has 3 heterocycles. The molecule has 0 aliphatic carbocycles. The van der Waals surface area contributed by atoms with E-state index in [9.17, 15) is 0 Å². The predicted octanol–water partition coefficient (Wildman–Crippen LogP) is 6.88. The Morgan fingerprint density at radius 1 is 0.788 bits per heavy atom. The van der Waals surface area contributed by atoms with E-state index >= 15 is 0 Å². The van der Waals surface area contributed by atoms with Crippen LogP contribution in [0, 0.1) is 0 Å². The normalized spacial score (nSPS) is 11.3. The molecular weight excluding hydrogens is 459 g/mol. The van der Waals surface area contributed by atoms with Crippen LogP contribution in [0.3, 0.4) is 0 Å². The van der Waals surface area contributed by atoms with Gasteiger partial charge in [0.25, 0.3) is 0 Å². The first-order valence-electron chi connectivity index (χ1n) is 10.0. The van der Waals surface area contributed by atoms with E-state index in [4.69, 9.17) is 27.6 Å². The highest BCUT2D eigenvalue weighted by molar-refractivity contribution is 6.39. The van der Waals surface area contributed by atoms with Gasteiger partial charge in [-0.2, -0.15) is 0 Å². The maximum absolute atomic E-state index is 6.33.